The summed E-state index contributed by atoms with van der Waals surface area (Å²) in [5.41, 5.74) is 1.89. The van der Waals surface area contributed by atoms with E-state index in [1.165, 1.54) is 0 Å². The van der Waals surface area contributed by atoms with E-state index in [2.05, 4.69) is 10.4 Å². The Morgan fingerprint density at radius 3 is 2.88 bits per heavy atom. The topological polar surface area (TPSA) is 56.1 Å². The lowest BCUT2D eigenvalue weighted by Gasteiger charge is -2.11. The van der Waals surface area contributed by atoms with Crippen molar-refractivity contribution >= 4 is 11.7 Å². The highest BCUT2D eigenvalue weighted by atomic mass is 16.5. The smallest absolute Gasteiger partial charge is 0.310 e. The Hall–Kier alpha value is -1.52. The van der Waals surface area contributed by atoms with E-state index in [9.17, 15) is 4.79 Å². The molecule has 5 heteroatoms. The third-order valence-electron chi connectivity index (χ3n) is 2.30. The molecule has 0 aliphatic heterocycles. The minimum Gasteiger partial charge on any atom is -0.466 e. The van der Waals surface area contributed by atoms with Crippen molar-refractivity contribution < 1.29 is 9.53 Å². The van der Waals surface area contributed by atoms with Gasteiger partial charge in [-0.3, -0.25) is 9.48 Å². The van der Waals surface area contributed by atoms with Crippen LogP contribution in [0.1, 0.15) is 19.5 Å². The lowest BCUT2D eigenvalue weighted by Crippen LogP contribution is -2.22. The highest BCUT2D eigenvalue weighted by Crippen LogP contribution is 2.12. The van der Waals surface area contributed by atoms with E-state index in [-0.39, 0.29) is 11.9 Å². The zero-order valence-corrected chi connectivity index (χ0v) is 10.3. The number of anilines is 1. The van der Waals surface area contributed by atoms with Gasteiger partial charge in [0.25, 0.3) is 0 Å². The molecule has 1 aromatic rings. The van der Waals surface area contributed by atoms with Gasteiger partial charge in [0.1, 0.15) is 0 Å². The first kappa shape index (κ1) is 12.5. The van der Waals surface area contributed by atoms with Crippen molar-refractivity contribution in [1.82, 2.24) is 9.78 Å². The zero-order valence-electron chi connectivity index (χ0n) is 10.3. The van der Waals surface area contributed by atoms with Crippen LogP contribution in [0, 0.1) is 12.8 Å². The van der Waals surface area contributed by atoms with E-state index in [1.54, 1.807) is 4.68 Å². The van der Waals surface area contributed by atoms with E-state index < -0.39 is 0 Å². The molecule has 0 amide bonds. The summed E-state index contributed by atoms with van der Waals surface area (Å²) in [4.78, 5) is 11.4. The van der Waals surface area contributed by atoms with Crippen LogP contribution in [-0.2, 0) is 16.6 Å². The van der Waals surface area contributed by atoms with Crippen molar-refractivity contribution in [3.05, 3.63) is 11.9 Å². The molecule has 1 heterocycles. The molecule has 0 spiro atoms. The minimum absolute atomic E-state index is 0.153. The van der Waals surface area contributed by atoms with Gasteiger partial charge in [0, 0.05) is 19.8 Å². The first-order chi connectivity index (χ1) is 7.54. The second kappa shape index (κ2) is 5.53. The number of hydrogen-bond acceptors (Lipinski definition) is 4. The molecule has 0 saturated carbocycles. The first-order valence-electron chi connectivity index (χ1n) is 5.45. The van der Waals surface area contributed by atoms with Crippen molar-refractivity contribution in [3.8, 4) is 0 Å². The summed E-state index contributed by atoms with van der Waals surface area (Å²) in [6.07, 6.45) is 1.90. The van der Waals surface area contributed by atoms with Gasteiger partial charge in [-0.25, -0.2) is 0 Å². The molecule has 1 N–H and O–H groups in total. The van der Waals surface area contributed by atoms with Crippen LogP contribution in [-0.4, -0.2) is 28.9 Å². The molecule has 0 aliphatic rings. The third-order valence-corrected chi connectivity index (χ3v) is 2.30. The molecule has 1 rings (SSSR count). The highest BCUT2D eigenvalue weighted by Gasteiger charge is 2.14. The Morgan fingerprint density at radius 1 is 1.69 bits per heavy atom. The monoisotopic (exact) mass is 225 g/mol. The quantitative estimate of drug-likeness (QED) is 0.768. The maximum Gasteiger partial charge on any atom is 0.310 e. The molecule has 0 aliphatic carbocycles. The van der Waals surface area contributed by atoms with Gasteiger partial charge in [0.05, 0.1) is 23.9 Å². The second-order valence-corrected chi connectivity index (χ2v) is 3.84. The van der Waals surface area contributed by atoms with Crippen LogP contribution in [0.3, 0.4) is 0 Å². The Labute approximate surface area is 95.8 Å². The van der Waals surface area contributed by atoms with Crippen molar-refractivity contribution in [2.24, 2.45) is 13.0 Å². The number of rotatable bonds is 5. The summed E-state index contributed by atoms with van der Waals surface area (Å²) >= 11 is 0. The fourth-order valence-electron chi connectivity index (χ4n) is 1.40. The van der Waals surface area contributed by atoms with Crippen LogP contribution in [0.5, 0.6) is 0 Å². The average Bonchev–Trinajstić information content (AvgIpc) is 2.54. The molecule has 1 aromatic heterocycles. The Morgan fingerprint density at radius 2 is 2.38 bits per heavy atom. The van der Waals surface area contributed by atoms with E-state index in [0.29, 0.717) is 13.2 Å². The fourth-order valence-corrected chi connectivity index (χ4v) is 1.40. The van der Waals surface area contributed by atoms with Gasteiger partial charge in [-0.15, -0.1) is 0 Å². The summed E-state index contributed by atoms with van der Waals surface area (Å²) in [7, 11) is 1.87. The number of esters is 1. The highest BCUT2D eigenvalue weighted by molar-refractivity contribution is 5.72. The molecule has 0 bridgehead atoms. The lowest BCUT2D eigenvalue weighted by molar-refractivity contribution is -0.146. The van der Waals surface area contributed by atoms with Crippen LogP contribution in [0.25, 0.3) is 0 Å². The van der Waals surface area contributed by atoms with Gasteiger partial charge >= 0.3 is 5.97 Å². The first-order valence-corrected chi connectivity index (χ1v) is 5.45. The van der Waals surface area contributed by atoms with Gasteiger partial charge in [-0.05, 0) is 13.8 Å². The molecule has 5 nitrogen and oxygen atoms in total. The number of nitrogens with zero attached hydrogens (tertiary/aromatic N) is 2. The van der Waals surface area contributed by atoms with Crippen molar-refractivity contribution in [2.75, 3.05) is 18.5 Å². The van der Waals surface area contributed by atoms with Gasteiger partial charge in [0.15, 0.2) is 0 Å². The van der Waals surface area contributed by atoms with E-state index in [1.807, 2.05) is 34.0 Å². The predicted octanol–water partition coefficient (Wildman–Crippen LogP) is 1.34. The molecule has 1 atom stereocenters. The fraction of sp³-hybridized carbons (Fsp3) is 0.636. The molecule has 16 heavy (non-hydrogen) atoms. The maximum absolute atomic E-state index is 11.4. The molecular formula is C11H19N3O2. The van der Waals surface area contributed by atoms with Crippen molar-refractivity contribution in [2.45, 2.75) is 20.8 Å². The normalized spacial score (nSPS) is 12.2. The van der Waals surface area contributed by atoms with Crippen LogP contribution < -0.4 is 5.32 Å². The Bertz CT molecular complexity index is 360. The standard InChI is InChI=1S/C11H19N3O2/c1-5-16-11(15)8(2)6-12-10-7-14(4)13-9(10)3/h7-8,12H,5-6H2,1-4H3. The number of aromatic nitrogens is 2. The molecule has 0 aromatic carbocycles. The maximum atomic E-state index is 11.4. The summed E-state index contributed by atoms with van der Waals surface area (Å²) in [6.45, 7) is 6.57. The van der Waals surface area contributed by atoms with Gasteiger partial charge in [0.2, 0.25) is 0 Å². The van der Waals surface area contributed by atoms with Gasteiger partial charge in [-0.2, -0.15) is 5.10 Å². The molecule has 0 fully saturated rings. The van der Waals surface area contributed by atoms with Crippen LogP contribution >= 0.6 is 0 Å². The predicted molar refractivity (Wildman–Crippen MR) is 62.2 cm³/mol. The third kappa shape index (κ3) is 3.25. The number of ether oxygens (including phenoxy) is 1. The van der Waals surface area contributed by atoms with Crippen molar-refractivity contribution in [1.29, 1.82) is 0 Å². The molecule has 90 valence electrons. The number of nitrogens with one attached hydrogen (secondary N) is 1. The van der Waals surface area contributed by atoms with Gasteiger partial charge < -0.3 is 10.1 Å². The molecule has 1 unspecified atom stereocenters. The molecular weight excluding hydrogens is 206 g/mol. The largest absolute Gasteiger partial charge is 0.466 e. The zero-order chi connectivity index (χ0) is 12.1. The summed E-state index contributed by atoms with van der Waals surface area (Å²) in [5.74, 6) is -0.323. The average molecular weight is 225 g/mol. The van der Waals surface area contributed by atoms with E-state index in [0.717, 1.165) is 11.4 Å². The lowest BCUT2D eigenvalue weighted by atomic mass is 10.2. The number of carbonyl (C=O) groups is 1. The Kier molecular flexibility index (Phi) is 4.34. The Balaban J connectivity index is 2.45. The second-order valence-electron chi connectivity index (χ2n) is 3.84. The van der Waals surface area contributed by atoms with E-state index >= 15 is 0 Å². The van der Waals surface area contributed by atoms with Crippen LogP contribution in [0.15, 0.2) is 6.20 Å². The van der Waals surface area contributed by atoms with Gasteiger partial charge in [-0.1, -0.05) is 6.92 Å². The van der Waals surface area contributed by atoms with Crippen LogP contribution in [0.4, 0.5) is 5.69 Å². The number of aryl methyl sites for hydroxylation is 2. The van der Waals surface area contributed by atoms with Crippen molar-refractivity contribution in [3.63, 3.8) is 0 Å². The number of carbonyl (C=O) groups excluding carboxylic acids is 1. The molecule has 0 saturated heterocycles. The van der Waals surface area contributed by atoms with E-state index in [4.69, 9.17) is 4.74 Å². The summed E-state index contributed by atoms with van der Waals surface area (Å²) < 4.78 is 6.67. The number of hydrogen-bond donors (Lipinski definition) is 1. The summed E-state index contributed by atoms with van der Waals surface area (Å²) in [6, 6.07) is 0. The molecule has 0 radical (unpaired) electrons. The van der Waals surface area contributed by atoms with Crippen LogP contribution in [0.2, 0.25) is 0 Å². The summed E-state index contributed by atoms with van der Waals surface area (Å²) in [5, 5.41) is 7.40. The minimum atomic E-state index is -0.170. The SMILES string of the molecule is CCOC(=O)C(C)CNc1cn(C)nc1C.